The molecule has 2 N–H and O–H groups in total. The Morgan fingerprint density at radius 2 is 2.21 bits per heavy atom. The molecule has 3 atom stereocenters. The number of β-amino-alcohol motifs (C(OH)–C–C–N with tert-alkyl or cyclic N) is 1. The SMILES string of the molecule is OCC1CN(CC2CCOC2)CC1O. The molecule has 4 nitrogen and oxygen atoms in total. The highest BCUT2D eigenvalue weighted by atomic mass is 16.5. The van der Waals surface area contributed by atoms with Gasteiger partial charge in [0.15, 0.2) is 0 Å². The zero-order chi connectivity index (χ0) is 9.97. The Morgan fingerprint density at radius 1 is 1.36 bits per heavy atom. The number of aliphatic hydroxyl groups is 2. The van der Waals surface area contributed by atoms with E-state index in [9.17, 15) is 5.11 Å². The van der Waals surface area contributed by atoms with Gasteiger partial charge in [-0.25, -0.2) is 0 Å². The van der Waals surface area contributed by atoms with Crippen LogP contribution >= 0.6 is 0 Å². The molecule has 0 aromatic carbocycles. The summed E-state index contributed by atoms with van der Waals surface area (Å²) in [5, 5.41) is 18.6. The number of aliphatic hydroxyl groups excluding tert-OH is 2. The van der Waals surface area contributed by atoms with Crippen LogP contribution in [0.5, 0.6) is 0 Å². The fourth-order valence-corrected chi connectivity index (χ4v) is 2.36. The molecule has 82 valence electrons. The van der Waals surface area contributed by atoms with Crippen molar-refractivity contribution in [1.29, 1.82) is 0 Å². The van der Waals surface area contributed by atoms with E-state index in [-0.39, 0.29) is 18.6 Å². The molecule has 0 bridgehead atoms. The van der Waals surface area contributed by atoms with Gasteiger partial charge in [-0.05, 0) is 12.3 Å². The summed E-state index contributed by atoms with van der Waals surface area (Å²) in [6, 6.07) is 0. The average Bonchev–Trinajstić information content (AvgIpc) is 2.76. The second kappa shape index (κ2) is 4.57. The van der Waals surface area contributed by atoms with E-state index < -0.39 is 0 Å². The smallest absolute Gasteiger partial charge is 0.0729 e. The van der Waals surface area contributed by atoms with Crippen LogP contribution in [-0.4, -0.2) is 60.7 Å². The predicted molar refractivity (Wildman–Crippen MR) is 51.9 cm³/mol. The van der Waals surface area contributed by atoms with Crippen molar-refractivity contribution in [3.63, 3.8) is 0 Å². The first-order valence-electron chi connectivity index (χ1n) is 5.38. The summed E-state index contributed by atoms with van der Waals surface area (Å²) in [5.74, 6) is 0.678. The lowest BCUT2D eigenvalue weighted by Gasteiger charge is -2.18. The average molecular weight is 201 g/mol. The third-order valence-corrected chi connectivity index (χ3v) is 3.26. The third-order valence-electron chi connectivity index (χ3n) is 3.26. The number of nitrogens with zero attached hydrogens (tertiary/aromatic N) is 1. The Balaban J connectivity index is 1.77. The van der Waals surface area contributed by atoms with Crippen LogP contribution in [0.25, 0.3) is 0 Å². The molecule has 2 aliphatic rings. The topological polar surface area (TPSA) is 52.9 Å². The monoisotopic (exact) mass is 201 g/mol. The maximum Gasteiger partial charge on any atom is 0.0729 e. The molecule has 4 heteroatoms. The van der Waals surface area contributed by atoms with Gasteiger partial charge in [0, 0.05) is 38.8 Å². The van der Waals surface area contributed by atoms with Crippen molar-refractivity contribution in [3.8, 4) is 0 Å². The zero-order valence-electron chi connectivity index (χ0n) is 8.43. The number of ether oxygens (including phenoxy) is 1. The van der Waals surface area contributed by atoms with Gasteiger partial charge in [-0.3, -0.25) is 4.90 Å². The molecule has 2 heterocycles. The highest BCUT2D eigenvalue weighted by Crippen LogP contribution is 2.20. The van der Waals surface area contributed by atoms with Gasteiger partial charge in [0.2, 0.25) is 0 Å². The number of likely N-dealkylation sites (tertiary alicyclic amines) is 1. The molecule has 3 unspecified atom stereocenters. The van der Waals surface area contributed by atoms with Crippen molar-refractivity contribution in [2.24, 2.45) is 11.8 Å². The first kappa shape index (κ1) is 10.4. The Kier molecular flexibility index (Phi) is 3.38. The van der Waals surface area contributed by atoms with E-state index >= 15 is 0 Å². The third kappa shape index (κ3) is 2.25. The summed E-state index contributed by atoms with van der Waals surface area (Å²) in [5.41, 5.74) is 0. The maximum atomic E-state index is 9.60. The highest BCUT2D eigenvalue weighted by molar-refractivity contribution is 4.84. The van der Waals surface area contributed by atoms with Crippen molar-refractivity contribution in [2.75, 3.05) is 39.5 Å². The second-order valence-electron chi connectivity index (χ2n) is 4.46. The molecule has 0 aromatic heterocycles. The zero-order valence-corrected chi connectivity index (χ0v) is 8.43. The quantitative estimate of drug-likeness (QED) is 0.634. The van der Waals surface area contributed by atoms with Crippen LogP contribution in [0.1, 0.15) is 6.42 Å². The lowest BCUT2D eigenvalue weighted by atomic mass is 10.1. The Bertz CT molecular complexity index is 182. The number of rotatable bonds is 3. The van der Waals surface area contributed by atoms with E-state index in [1.54, 1.807) is 0 Å². The van der Waals surface area contributed by atoms with Crippen LogP contribution in [0, 0.1) is 11.8 Å². The minimum atomic E-state index is -0.345. The molecular formula is C10H19NO3. The molecule has 2 saturated heterocycles. The van der Waals surface area contributed by atoms with Gasteiger partial charge in [0.1, 0.15) is 0 Å². The fourth-order valence-electron chi connectivity index (χ4n) is 2.36. The van der Waals surface area contributed by atoms with Crippen LogP contribution in [0.2, 0.25) is 0 Å². The summed E-state index contributed by atoms with van der Waals surface area (Å²) in [6.45, 7) is 4.38. The number of hydrogen-bond acceptors (Lipinski definition) is 4. The van der Waals surface area contributed by atoms with E-state index in [0.29, 0.717) is 12.5 Å². The lowest BCUT2D eigenvalue weighted by Crippen LogP contribution is -2.28. The lowest BCUT2D eigenvalue weighted by molar-refractivity contribution is 0.103. The molecule has 14 heavy (non-hydrogen) atoms. The van der Waals surface area contributed by atoms with Crippen molar-refractivity contribution >= 4 is 0 Å². The minimum Gasteiger partial charge on any atom is -0.396 e. The van der Waals surface area contributed by atoms with Gasteiger partial charge in [-0.2, -0.15) is 0 Å². The Labute approximate surface area is 84.5 Å². The minimum absolute atomic E-state index is 0.0531. The molecule has 0 aromatic rings. The van der Waals surface area contributed by atoms with Crippen LogP contribution in [0.3, 0.4) is 0 Å². The van der Waals surface area contributed by atoms with Gasteiger partial charge >= 0.3 is 0 Å². The first-order valence-corrected chi connectivity index (χ1v) is 5.38. The van der Waals surface area contributed by atoms with Gasteiger partial charge in [0.25, 0.3) is 0 Å². The summed E-state index contributed by atoms with van der Waals surface area (Å²) >= 11 is 0. The maximum absolute atomic E-state index is 9.60. The molecule has 0 radical (unpaired) electrons. The normalized spacial score (nSPS) is 39.4. The fraction of sp³-hybridized carbons (Fsp3) is 1.00. The van der Waals surface area contributed by atoms with Gasteiger partial charge in [0.05, 0.1) is 12.7 Å². The van der Waals surface area contributed by atoms with E-state index in [2.05, 4.69) is 4.90 Å². The van der Waals surface area contributed by atoms with E-state index in [1.807, 2.05) is 0 Å². The largest absolute Gasteiger partial charge is 0.396 e. The Morgan fingerprint density at radius 3 is 2.79 bits per heavy atom. The Hall–Kier alpha value is -0.160. The van der Waals surface area contributed by atoms with Gasteiger partial charge in [-0.1, -0.05) is 0 Å². The summed E-state index contributed by atoms with van der Waals surface area (Å²) in [4.78, 5) is 2.24. The van der Waals surface area contributed by atoms with Crippen LogP contribution in [0.15, 0.2) is 0 Å². The highest BCUT2D eigenvalue weighted by Gasteiger charge is 2.32. The standard InChI is InChI=1S/C10H19NO3/c12-6-9-4-11(5-10(9)13)3-8-1-2-14-7-8/h8-10,12-13H,1-7H2. The molecular weight excluding hydrogens is 182 g/mol. The van der Waals surface area contributed by atoms with Crippen LogP contribution < -0.4 is 0 Å². The summed E-state index contributed by atoms with van der Waals surface area (Å²) in [6.07, 6.45) is 0.790. The van der Waals surface area contributed by atoms with Crippen molar-refractivity contribution in [2.45, 2.75) is 12.5 Å². The molecule has 2 aliphatic heterocycles. The predicted octanol–water partition coefficient (Wildman–Crippen LogP) is -0.692. The molecule has 0 aliphatic carbocycles. The first-order chi connectivity index (χ1) is 6.79. The van der Waals surface area contributed by atoms with Gasteiger partial charge < -0.3 is 14.9 Å². The number of hydrogen-bond donors (Lipinski definition) is 2. The molecule has 0 spiro atoms. The van der Waals surface area contributed by atoms with Crippen LogP contribution in [0.4, 0.5) is 0 Å². The van der Waals surface area contributed by atoms with Gasteiger partial charge in [-0.15, -0.1) is 0 Å². The summed E-state index contributed by atoms with van der Waals surface area (Å²) in [7, 11) is 0. The van der Waals surface area contributed by atoms with Crippen molar-refractivity contribution < 1.29 is 14.9 Å². The van der Waals surface area contributed by atoms with E-state index in [0.717, 1.165) is 32.7 Å². The van der Waals surface area contributed by atoms with E-state index in [1.165, 1.54) is 0 Å². The molecule has 2 rings (SSSR count). The molecule has 0 saturated carbocycles. The summed E-state index contributed by atoms with van der Waals surface area (Å²) < 4.78 is 5.31. The van der Waals surface area contributed by atoms with Crippen LogP contribution in [-0.2, 0) is 4.74 Å². The molecule has 2 fully saturated rings. The second-order valence-corrected chi connectivity index (χ2v) is 4.46. The molecule has 0 amide bonds. The van der Waals surface area contributed by atoms with Crippen molar-refractivity contribution in [1.82, 2.24) is 4.90 Å². The van der Waals surface area contributed by atoms with Crippen molar-refractivity contribution in [3.05, 3.63) is 0 Å². The van der Waals surface area contributed by atoms with E-state index in [4.69, 9.17) is 9.84 Å².